The van der Waals surface area contributed by atoms with Crippen molar-refractivity contribution in [3.05, 3.63) is 16.4 Å². The summed E-state index contributed by atoms with van der Waals surface area (Å²) >= 11 is 3.27. The van der Waals surface area contributed by atoms with Crippen LogP contribution in [0.1, 0.15) is 32.4 Å². The molecule has 1 rings (SSSR count). The van der Waals surface area contributed by atoms with E-state index in [9.17, 15) is 13.2 Å². The quantitative estimate of drug-likeness (QED) is 0.791. The van der Waals surface area contributed by atoms with Gasteiger partial charge < -0.3 is 4.74 Å². The number of rotatable bonds is 6. The maximum absolute atomic E-state index is 12.2. The summed E-state index contributed by atoms with van der Waals surface area (Å²) in [5, 5.41) is 3.91. The Bertz CT molecular complexity index is 379. The Labute approximate surface area is 112 Å². The van der Waals surface area contributed by atoms with Crippen LogP contribution in [0.5, 0.6) is 0 Å². The van der Waals surface area contributed by atoms with E-state index in [-0.39, 0.29) is 19.3 Å². The number of halogens is 4. The summed E-state index contributed by atoms with van der Waals surface area (Å²) in [5.41, 5.74) is 0.638. The van der Waals surface area contributed by atoms with E-state index in [0.717, 1.165) is 6.42 Å². The van der Waals surface area contributed by atoms with Crippen molar-refractivity contribution in [2.24, 2.45) is 0 Å². The molecule has 1 heterocycles. The summed E-state index contributed by atoms with van der Waals surface area (Å²) in [4.78, 5) is 0. The van der Waals surface area contributed by atoms with E-state index >= 15 is 0 Å². The summed E-state index contributed by atoms with van der Waals surface area (Å²) in [6.45, 7) is 3.98. The number of alkyl halides is 3. The zero-order chi connectivity index (χ0) is 13.8. The highest BCUT2D eigenvalue weighted by Crippen LogP contribution is 2.23. The molecule has 104 valence electrons. The number of hydrogen-bond donors (Lipinski definition) is 0. The minimum Gasteiger partial charge on any atom is -0.372 e. The Morgan fingerprint density at radius 3 is 2.72 bits per heavy atom. The lowest BCUT2D eigenvalue weighted by Crippen LogP contribution is -2.16. The molecule has 0 N–H and O–H groups in total. The maximum atomic E-state index is 12.2. The normalized spacial score (nSPS) is 13.9. The predicted molar refractivity (Wildman–Crippen MR) is 65.1 cm³/mol. The van der Waals surface area contributed by atoms with Gasteiger partial charge in [0.15, 0.2) is 0 Å². The standard InChI is InChI=1S/C11H16BrF3N2O/c1-3-8(2)18-7-10-9(12)6-16-17(10)5-4-11(13,14)15/h6,8H,3-5,7H2,1-2H3. The third kappa shape index (κ3) is 4.97. The fourth-order valence-electron chi connectivity index (χ4n) is 1.30. The molecule has 0 spiro atoms. The van der Waals surface area contributed by atoms with E-state index < -0.39 is 12.6 Å². The molecule has 0 bridgehead atoms. The van der Waals surface area contributed by atoms with Crippen LogP contribution in [-0.2, 0) is 17.9 Å². The summed E-state index contributed by atoms with van der Waals surface area (Å²) in [5.74, 6) is 0. The fourth-order valence-corrected chi connectivity index (χ4v) is 1.71. The molecule has 7 heteroatoms. The minimum atomic E-state index is -4.17. The van der Waals surface area contributed by atoms with Gasteiger partial charge in [0.25, 0.3) is 0 Å². The molecule has 0 fully saturated rings. The summed E-state index contributed by atoms with van der Waals surface area (Å²) < 4.78 is 44.0. The van der Waals surface area contributed by atoms with Crippen molar-refractivity contribution >= 4 is 15.9 Å². The summed E-state index contributed by atoms with van der Waals surface area (Å²) in [6, 6.07) is 0. The van der Waals surface area contributed by atoms with Crippen LogP contribution in [0.15, 0.2) is 10.7 Å². The van der Waals surface area contributed by atoms with Crippen LogP contribution >= 0.6 is 15.9 Å². The summed E-state index contributed by atoms with van der Waals surface area (Å²) in [7, 11) is 0. The zero-order valence-corrected chi connectivity index (χ0v) is 11.9. The number of aromatic nitrogens is 2. The topological polar surface area (TPSA) is 27.1 Å². The van der Waals surface area contributed by atoms with Gasteiger partial charge in [-0.3, -0.25) is 4.68 Å². The van der Waals surface area contributed by atoms with Crippen LogP contribution in [0.4, 0.5) is 13.2 Å². The second-order valence-corrected chi connectivity index (χ2v) is 4.91. The molecule has 3 nitrogen and oxygen atoms in total. The van der Waals surface area contributed by atoms with Crippen LogP contribution in [0.25, 0.3) is 0 Å². The summed E-state index contributed by atoms with van der Waals surface area (Å²) in [6.07, 6.45) is -2.65. The first-order valence-corrected chi connectivity index (χ1v) is 6.51. The second kappa shape index (κ2) is 6.56. The largest absolute Gasteiger partial charge is 0.390 e. The molecule has 0 saturated heterocycles. The van der Waals surface area contributed by atoms with Gasteiger partial charge in [0.1, 0.15) is 0 Å². The monoisotopic (exact) mass is 328 g/mol. The molecular formula is C11H16BrF3N2O. The third-order valence-electron chi connectivity index (χ3n) is 2.58. The molecule has 18 heavy (non-hydrogen) atoms. The Morgan fingerprint density at radius 2 is 2.17 bits per heavy atom. The SMILES string of the molecule is CCC(C)OCc1c(Br)cnn1CCC(F)(F)F. The first kappa shape index (κ1) is 15.5. The highest BCUT2D eigenvalue weighted by Gasteiger charge is 2.27. The van der Waals surface area contributed by atoms with Gasteiger partial charge in [-0.25, -0.2) is 0 Å². The van der Waals surface area contributed by atoms with Gasteiger partial charge in [-0.2, -0.15) is 18.3 Å². The number of aryl methyl sites for hydroxylation is 1. The van der Waals surface area contributed by atoms with Crippen LogP contribution in [0.2, 0.25) is 0 Å². The molecule has 0 saturated carbocycles. The van der Waals surface area contributed by atoms with Gasteiger partial charge in [0, 0.05) is 6.54 Å². The van der Waals surface area contributed by atoms with Crippen LogP contribution in [0, 0.1) is 0 Å². The van der Waals surface area contributed by atoms with E-state index in [1.807, 2.05) is 13.8 Å². The number of ether oxygens (including phenoxy) is 1. The van der Waals surface area contributed by atoms with Crippen LogP contribution in [-0.4, -0.2) is 22.1 Å². The Hall–Kier alpha value is -0.560. The lowest BCUT2D eigenvalue weighted by molar-refractivity contribution is -0.137. The van der Waals surface area contributed by atoms with E-state index in [4.69, 9.17) is 4.74 Å². The molecule has 0 aliphatic heterocycles. The lowest BCUT2D eigenvalue weighted by Gasteiger charge is -2.13. The molecule has 1 aromatic rings. The fraction of sp³-hybridized carbons (Fsp3) is 0.727. The highest BCUT2D eigenvalue weighted by molar-refractivity contribution is 9.10. The molecule has 0 radical (unpaired) electrons. The first-order chi connectivity index (χ1) is 8.33. The van der Waals surface area contributed by atoms with Crippen LogP contribution < -0.4 is 0 Å². The first-order valence-electron chi connectivity index (χ1n) is 5.72. The molecule has 0 aliphatic rings. The van der Waals surface area contributed by atoms with E-state index in [2.05, 4.69) is 21.0 Å². The Morgan fingerprint density at radius 1 is 1.50 bits per heavy atom. The molecular weight excluding hydrogens is 313 g/mol. The molecule has 1 aromatic heterocycles. The van der Waals surface area contributed by atoms with Gasteiger partial charge >= 0.3 is 6.18 Å². The average molecular weight is 329 g/mol. The van der Waals surface area contributed by atoms with Gasteiger partial charge in [0.2, 0.25) is 0 Å². The van der Waals surface area contributed by atoms with Crippen molar-refractivity contribution in [3.8, 4) is 0 Å². The number of hydrogen-bond acceptors (Lipinski definition) is 2. The lowest BCUT2D eigenvalue weighted by atomic mass is 10.3. The van der Waals surface area contributed by atoms with Crippen molar-refractivity contribution in [1.29, 1.82) is 0 Å². The molecule has 0 aromatic carbocycles. The minimum absolute atomic E-state index is 0.0721. The number of nitrogens with zero attached hydrogens (tertiary/aromatic N) is 2. The van der Waals surface area contributed by atoms with Gasteiger partial charge in [-0.15, -0.1) is 0 Å². The Balaban J connectivity index is 2.63. The van der Waals surface area contributed by atoms with Gasteiger partial charge in [-0.05, 0) is 29.3 Å². The molecule has 0 amide bonds. The average Bonchev–Trinajstić information content (AvgIpc) is 2.63. The smallest absolute Gasteiger partial charge is 0.372 e. The van der Waals surface area contributed by atoms with Crippen molar-refractivity contribution < 1.29 is 17.9 Å². The van der Waals surface area contributed by atoms with E-state index in [1.165, 1.54) is 10.9 Å². The van der Waals surface area contributed by atoms with Gasteiger partial charge in [0.05, 0.1) is 35.5 Å². The molecule has 1 atom stereocenters. The molecule has 1 unspecified atom stereocenters. The van der Waals surface area contributed by atoms with E-state index in [1.54, 1.807) is 0 Å². The van der Waals surface area contributed by atoms with Crippen LogP contribution in [0.3, 0.4) is 0 Å². The molecule has 0 aliphatic carbocycles. The zero-order valence-electron chi connectivity index (χ0n) is 10.3. The van der Waals surface area contributed by atoms with E-state index in [0.29, 0.717) is 10.2 Å². The van der Waals surface area contributed by atoms with Crippen molar-refractivity contribution in [2.75, 3.05) is 0 Å². The second-order valence-electron chi connectivity index (χ2n) is 4.06. The maximum Gasteiger partial charge on any atom is 0.390 e. The predicted octanol–water partition coefficient (Wildman–Crippen LogP) is 3.91. The van der Waals surface area contributed by atoms with Crippen molar-refractivity contribution in [1.82, 2.24) is 9.78 Å². The Kier molecular flexibility index (Phi) is 5.65. The van der Waals surface area contributed by atoms with Crippen molar-refractivity contribution in [3.63, 3.8) is 0 Å². The van der Waals surface area contributed by atoms with Gasteiger partial charge in [-0.1, -0.05) is 6.92 Å². The van der Waals surface area contributed by atoms with Crippen molar-refractivity contribution in [2.45, 2.75) is 52.1 Å². The highest BCUT2D eigenvalue weighted by atomic mass is 79.9. The third-order valence-corrected chi connectivity index (χ3v) is 3.25.